The van der Waals surface area contributed by atoms with Crippen LogP contribution in [0.15, 0.2) is 48.5 Å². The summed E-state index contributed by atoms with van der Waals surface area (Å²) in [5.41, 5.74) is 2.72. The van der Waals surface area contributed by atoms with Gasteiger partial charge in [-0.15, -0.1) is 0 Å². The molecule has 0 amide bonds. The molecule has 0 aromatic heterocycles. The Morgan fingerprint density at radius 2 is 0.944 bits per heavy atom. The van der Waals surface area contributed by atoms with Gasteiger partial charge in [0.15, 0.2) is 0 Å². The molecule has 0 fully saturated rings. The quantitative estimate of drug-likeness (QED) is 0.750. The molecule has 0 unspecified atom stereocenters. The normalized spacial score (nSPS) is 11.2. The van der Waals surface area contributed by atoms with E-state index in [9.17, 15) is 0 Å². The van der Waals surface area contributed by atoms with Crippen LogP contribution in [0, 0.1) is 13.8 Å². The van der Waals surface area contributed by atoms with Gasteiger partial charge < -0.3 is 0 Å². The van der Waals surface area contributed by atoms with Crippen LogP contribution in [0.3, 0.4) is 0 Å². The number of hydrogen-bond donors (Lipinski definition) is 0. The first-order valence-corrected chi connectivity index (χ1v) is 12.8. The largest absolute Gasteiger partial charge is 0.0922 e. The Labute approximate surface area is 114 Å². The molecule has 18 heavy (non-hydrogen) atoms. The number of rotatable bonds is 3. The van der Waals surface area contributed by atoms with Crippen molar-refractivity contribution in [3.63, 3.8) is 0 Å². The highest BCUT2D eigenvalue weighted by Crippen LogP contribution is 2.01. The molecule has 2 aromatic rings. The summed E-state index contributed by atoms with van der Waals surface area (Å²) >= 11 is 0. The summed E-state index contributed by atoms with van der Waals surface area (Å²) in [5.74, 6) is 0. The van der Waals surface area contributed by atoms with Crippen LogP contribution in [-0.2, 0) is 0 Å². The van der Waals surface area contributed by atoms with Gasteiger partial charge in [0.1, 0.15) is 0 Å². The van der Waals surface area contributed by atoms with Crippen molar-refractivity contribution in [1.82, 2.24) is 0 Å². The molecule has 2 heteroatoms. The zero-order chi connectivity index (χ0) is 13.1. The highest BCUT2D eigenvalue weighted by molar-refractivity contribution is 7.32. The van der Waals surface area contributed by atoms with Crippen molar-refractivity contribution in [2.45, 2.75) is 26.9 Å². The van der Waals surface area contributed by atoms with Crippen LogP contribution in [0.2, 0.25) is 13.1 Å². The first-order chi connectivity index (χ1) is 8.58. The molecule has 0 radical (unpaired) electrons. The number of benzene rings is 2. The van der Waals surface area contributed by atoms with Crippen molar-refractivity contribution < 1.29 is 0 Å². The molecule has 0 heterocycles. The monoisotopic (exact) mass is 270 g/mol. The van der Waals surface area contributed by atoms with Gasteiger partial charge in [-0.1, -0.05) is 83.1 Å². The highest BCUT2D eigenvalue weighted by Gasteiger charge is 2.20. The Hall–Kier alpha value is -1.13. The molecule has 2 rings (SSSR count). The van der Waals surface area contributed by atoms with Crippen LogP contribution in [0.4, 0.5) is 0 Å². The fourth-order valence-electron chi connectivity index (χ4n) is 2.51. The molecule has 0 atom stereocenters. The Morgan fingerprint density at radius 3 is 1.22 bits per heavy atom. The van der Waals surface area contributed by atoms with Crippen LogP contribution in [0.5, 0.6) is 0 Å². The van der Waals surface area contributed by atoms with Crippen LogP contribution in [0.25, 0.3) is 0 Å². The predicted octanol–water partition coefficient (Wildman–Crippen LogP) is 2.21. The van der Waals surface area contributed by atoms with E-state index in [-0.39, 0.29) is 0 Å². The third-order valence-electron chi connectivity index (χ3n) is 3.54. The summed E-state index contributed by atoms with van der Waals surface area (Å²) in [5, 5.41) is 3.23. The van der Waals surface area contributed by atoms with E-state index >= 15 is 0 Å². The van der Waals surface area contributed by atoms with E-state index in [2.05, 4.69) is 75.5 Å². The average molecular weight is 271 g/mol. The number of hydrogen-bond acceptors (Lipinski definition) is 0. The summed E-state index contributed by atoms with van der Waals surface area (Å²) in [6.45, 7) is 9.32. The maximum Gasteiger partial charge on any atom is 0.0922 e. The summed E-state index contributed by atoms with van der Waals surface area (Å²) in [4.78, 5) is 0. The fraction of sp³-hybridized carbons (Fsp3) is 0.250. The van der Waals surface area contributed by atoms with Gasteiger partial charge in [-0.3, -0.25) is 0 Å². The summed E-state index contributed by atoms with van der Waals surface area (Å²) in [7, 11) is -1.56. The molecule has 0 aliphatic rings. The Kier molecular flexibility index (Phi) is 4.20. The van der Waals surface area contributed by atoms with E-state index in [1.165, 1.54) is 11.1 Å². The Bertz CT molecular complexity index is 452. The molecule has 2 aromatic carbocycles. The van der Waals surface area contributed by atoms with Gasteiger partial charge in [-0.25, -0.2) is 0 Å². The summed E-state index contributed by atoms with van der Waals surface area (Å²) < 4.78 is 0. The van der Waals surface area contributed by atoms with Gasteiger partial charge >= 0.3 is 0 Å². The van der Waals surface area contributed by atoms with E-state index in [1.54, 1.807) is 10.4 Å². The molecule has 0 bridgehead atoms. The molecule has 0 nitrogen and oxygen atoms in total. The van der Waals surface area contributed by atoms with Crippen molar-refractivity contribution in [3.8, 4) is 0 Å². The lowest BCUT2D eigenvalue weighted by atomic mass is 10.2. The SMILES string of the molecule is Cc1ccc([SiH](c2ccc(C)cc2)[SiH](C)C)cc1. The van der Waals surface area contributed by atoms with E-state index < -0.39 is 16.6 Å². The van der Waals surface area contributed by atoms with Crippen molar-refractivity contribution >= 4 is 27.0 Å². The van der Waals surface area contributed by atoms with Crippen molar-refractivity contribution in [2.24, 2.45) is 0 Å². The third-order valence-corrected chi connectivity index (χ3v) is 13.4. The van der Waals surface area contributed by atoms with E-state index in [0.29, 0.717) is 0 Å². The van der Waals surface area contributed by atoms with Gasteiger partial charge in [-0.2, -0.15) is 0 Å². The minimum absolute atomic E-state index is 0.631. The topological polar surface area (TPSA) is 0 Å². The van der Waals surface area contributed by atoms with Crippen molar-refractivity contribution in [3.05, 3.63) is 59.7 Å². The molecular formula is C16H22Si2. The lowest BCUT2D eigenvalue weighted by Crippen LogP contribution is -2.51. The minimum Gasteiger partial charge on any atom is -0.0737 e. The number of aryl methyl sites for hydroxylation is 2. The Balaban J connectivity index is 2.39. The van der Waals surface area contributed by atoms with Gasteiger partial charge in [-0.05, 0) is 13.8 Å². The summed E-state index contributed by atoms with van der Waals surface area (Å²) in [6.07, 6.45) is 0. The highest BCUT2D eigenvalue weighted by atomic mass is 29.2. The van der Waals surface area contributed by atoms with Crippen LogP contribution in [0.1, 0.15) is 11.1 Å². The molecule has 0 saturated heterocycles. The van der Waals surface area contributed by atoms with Gasteiger partial charge in [0.2, 0.25) is 0 Å². The van der Waals surface area contributed by atoms with E-state index in [4.69, 9.17) is 0 Å². The maximum atomic E-state index is 2.50. The average Bonchev–Trinajstić information content (AvgIpc) is 2.34. The molecule has 94 valence electrons. The lowest BCUT2D eigenvalue weighted by molar-refractivity contribution is 1.48. The summed E-state index contributed by atoms with van der Waals surface area (Å²) in [6, 6.07) is 18.5. The lowest BCUT2D eigenvalue weighted by Gasteiger charge is -2.20. The van der Waals surface area contributed by atoms with Gasteiger partial charge in [0, 0.05) is 8.31 Å². The first-order valence-electron chi connectivity index (χ1n) is 6.71. The predicted molar refractivity (Wildman–Crippen MR) is 87.7 cm³/mol. The fourth-order valence-corrected chi connectivity index (χ4v) is 11.6. The van der Waals surface area contributed by atoms with E-state index in [1.807, 2.05) is 0 Å². The second kappa shape index (κ2) is 5.68. The van der Waals surface area contributed by atoms with Crippen LogP contribution >= 0.6 is 0 Å². The van der Waals surface area contributed by atoms with E-state index in [0.717, 1.165) is 0 Å². The standard InChI is InChI=1S/C16H22Si2/c1-13-5-9-15(10-6-13)18(17(3)4)16-11-7-14(2)8-12-16/h5-12,17-18H,1-4H3. The molecule has 0 N–H and O–H groups in total. The molecule has 0 aliphatic carbocycles. The zero-order valence-corrected chi connectivity index (χ0v) is 14.1. The maximum absolute atomic E-state index is 2.50. The smallest absolute Gasteiger partial charge is 0.0737 e. The van der Waals surface area contributed by atoms with Crippen LogP contribution in [-0.4, -0.2) is 16.6 Å². The van der Waals surface area contributed by atoms with Gasteiger partial charge in [0.25, 0.3) is 0 Å². The molecule has 0 spiro atoms. The Morgan fingerprint density at radius 1 is 0.611 bits per heavy atom. The third kappa shape index (κ3) is 3.00. The second-order valence-electron chi connectivity index (χ2n) is 5.54. The second-order valence-corrected chi connectivity index (χ2v) is 16.3. The molecule has 0 saturated carbocycles. The molecule has 0 aliphatic heterocycles. The zero-order valence-electron chi connectivity index (χ0n) is 11.8. The van der Waals surface area contributed by atoms with Gasteiger partial charge in [0.05, 0.1) is 8.31 Å². The first kappa shape index (κ1) is 13.3. The van der Waals surface area contributed by atoms with Crippen molar-refractivity contribution in [1.29, 1.82) is 0 Å². The van der Waals surface area contributed by atoms with Crippen LogP contribution < -0.4 is 10.4 Å². The van der Waals surface area contributed by atoms with Crippen molar-refractivity contribution in [2.75, 3.05) is 0 Å². The molecular weight excluding hydrogens is 248 g/mol. The minimum atomic E-state index is -0.926.